The van der Waals surface area contributed by atoms with Gasteiger partial charge in [0.25, 0.3) is 5.82 Å². The van der Waals surface area contributed by atoms with Gasteiger partial charge in [0.15, 0.2) is 0 Å². The van der Waals surface area contributed by atoms with Gasteiger partial charge in [-0.05, 0) is 6.08 Å². The van der Waals surface area contributed by atoms with Crippen molar-refractivity contribution in [3.05, 3.63) is 65.8 Å². The zero-order valence-corrected chi connectivity index (χ0v) is 11.6. The van der Waals surface area contributed by atoms with Crippen LogP contribution in [0.3, 0.4) is 0 Å². The summed E-state index contributed by atoms with van der Waals surface area (Å²) in [6, 6.07) is 10.7. The summed E-state index contributed by atoms with van der Waals surface area (Å²) in [4.78, 5) is 0. The van der Waals surface area contributed by atoms with Crippen LogP contribution in [-0.4, -0.2) is 4.57 Å². The highest BCUT2D eigenvalue weighted by Gasteiger charge is 2.25. The minimum atomic E-state index is 0.200. The molecule has 2 heteroatoms. The third kappa shape index (κ3) is 1.88. The van der Waals surface area contributed by atoms with Gasteiger partial charge in [-0.3, -0.25) is 0 Å². The Morgan fingerprint density at radius 2 is 1.78 bits per heavy atom. The van der Waals surface area contributed by atoms with E-state index in [-0.39, 0.29) is 6.04 Å². The summed E-state index contributed by atoms with van der Waals surface area (Å²) in [6.45, 7) is 10.5. The zero-order chi connectivity index (χ0) is 13.3. The molecular weight excluding hydrogens is 220 g/mol. The van der Waals surface area contributed by atoms with Crippen molar-refractivity contribution in [1.29, 1.82) is 0 Å². The van der Waals surface area contributed by atoms with Gasteiger partial charge in [0.2, 0.25) is 0 Å². The number of nitrogens with zero attached hydrogens (tertiary/aromatic N) is 2. The SMILES string of the molecule is C=CC(c1ccccc1)n1c(C)c(C)[n+](C)c1C. The van der Waals surface area contributed by atoms with E-state index in [1.54, 1.807) is 0 Å². The number of hydrogen-bond donors (Lipinski definition) is 0. The van der Waals surface area contributed by atoms with E-state index in [0.29, 0.717) is 0 Å². The molecule has 0 aliphatic carbocycles. The molecule has 0 saturated heterocycles. The zero-order valence-electron chi connectivity index (χ0n) is 11.6. The number of benzene rings is 1. The van der Waals surface area contributed by atoms with E-state index in [4.69, 9.17) is 0 Å². The Kier molecular flexibility index (Phi) is 3.37. The van der Waals surface area contributed by atoms with E-state index in [0.717, 1.165) is 0 Å². The lowest BCUT2D eigenvalue weighted by atomic mass is 10.1. The molecule has 18 heavy (non-hydrogen) atoms. The fourth-order valence-electron chi connectivity index (χ4n) is 2.51. The van der Waals surface area contributed by atoms with Crippen LogP contribution in [0.1, 0.15) is 28.8 Å². The van der Waals surface area contributed by atoms with Crippen molar-refractivity contribution in [2.45, 2.75) is 26.8 Å². The second kappa shape index (κ2) is 4.81. The molecule has 0 saturated carbocycles. The van der Waals surface area contributed by atoms with Gasteiger partial charge in [0.05, 0.1) is 7.05 Å². The molecule has 0 fully saturated rings. The van der Waals surface area contributed by atoms with Crippen LogP contribution < -0.4 is 4.57 Å². The average molecular weight is 241 g/mol. The van der Waals surface area contributed by atoms with Gasteiger partial charge >= 0.3 is 0 Å². The van der Waals surface area contributed by atoms with Crippen molar-refractivity contribution < 1.29 is 4.57 Å². The Bertz CT molecular complexity index is 539. The van der Waals surface area contributed by atoms with Crippen LogP contribution in [0.15, 0.2) is 43.0 Å². The van der Waals surface area contributed by atoms with Crippen molar-refractivity contribution in [3.8, 4) is 0 Å². The number of hydrogen-bond acceptors (Lipinski definition) is 0. The molecule has 1 aromatic heterocycles. The Hall–Kier alpha value is -1.83. The maximum atomic E-state index is 4.00. The first-order valence-electron chi connectivity index (χ1n) is 6.29. The van der Waals surface area contributed by atoms with Gasteiger partial charge in [-0.1, -0.05) is 36.9 Å². The topological polar surface area (TPSA) is 8.81 Å². The number of allylic oxidation sites excluding steroid dienone is 1. The number of aromatic nitrogens is 2. The lowest BCUT2D eigenvalue weighted by molar-refractivity contribution is -0.683. The van der Waals surface area contributed by atoms with Crippen LogP contribution in [0.5, 0.6) is 0 Å². The predicted molar refractivity (Wildman–Crippen MR) is 74.6 cm³/mol. The average Bonchev–Trinajstić information content (AvgIpc) is 2.59. The van der Waals surface area contributed by atoms with Crippen LogP contribution in [-0.2, 0) is 7.05 Å². The summed E-state index contributed by atoms with van der Waals surface area (Å²) in [5.41, 5.74) is 3.87. The van der Waals surface area contributed by atoms with Gasteiger partial charge in [-0.25, -0.2) is 9.13 Å². The molecule has 0 radical (unpaired) electrons. The van der Waals surface area contributed by atoms with Crippen molar-refractivity contribution in [3.63, 3.8) is 0 Å². The largest absolute Gasteiger partial charge is 0.254 e. The number of imidazole rings is 1. The minimum absolute atomic E-state index is 0.200. The fraction of sp³-hybridized carbons (Fsp3) is 0.312. The molecule has 0 aliphatic heterocycles. The van der Waals surface area contributed by atoms with E-state index in [2.05, 4.69) is 67.8 Å². The van der Waals surface area contributed by atoms with Crippen LogP contribution in [0.2, 0.25) is 0 Å². The van der Waals surface area contributed by atoms with Crippen LogP contribution in [0.25, 0.3) is 0 Å². The third-order valence-electron chi connectivity index (χ3n) is 3.86. The van der Waals surface area contributed by atoms with E-state index >= 15 is 0 Å². The van der Waals surface area contributed by atoms with Gasteiger partial charge in [-0.15, -0.1) is 0 Å². The smallest absolute Gasteiger partial charge is 0.234 e. The summed E-state index contributed by atoms with van der Waals surface area (Å²) < 4.78 is 4.58. The summed E-state index contributed by atoms with van der Waals surface area (Å²) in [6.07, 6.45) is 2.01. The molecule has 0 spiro atoms. The highest BCUT2D eigenvalue weighted by atomic mass is 15.2. The molecule has 0 N–H and O–H groups in total. The Morgan fingerprint density at radius 1 is 1.17 bits per heavy atom. The fourth-order valence-corrected chi connectivity index (χ4v) is 2.51. The second-order valence-corrected chi connectivity index (χ2v) is 4.74. The van der Waals surface area contributed by atoms with E-state index in [1.807, 2.05) is 12.1 Å². The summed E-state index contributed by atoms with van der Waals surface area (Å²) in [7, 11) is 2.11. The molecule has 94 valence electrons. The van der Waals surface area contributed by atoms with Crippen LogP contribution >= 0.6 is 0 Å². The first kappa shape index (κ1) is 12.6. The quantitative estimate of drug-likeness (QED) is 0.577. The summed E-state index contributed by atoms with van der Waals surface area (Å²) >= 11 is 0. The summed E-state index contributed by atoms with van der Waals surface area (Å²) in [5, 5.41) is 0. The molecule has 0 aliphatic rings. The van der Waals surface area contributed by atoms with Crippen molar-refractivity contribution in [1.82, 2.24) is 4.57 Å². The lowest BCUT2D eigenvalue weighted by Crippen LogP contribution is -2.33. The van der Waals surface area contributed by atoms with E-state index in [9.17, 15) is 0 Å². The van der Waals surface area contributed by atoms with Gasteiger partial charge in [0, 0.05) is 26.3 Å². The van der Waals surface area contributed by atoms with Crippen molar-refractivity contribution in [2.75, 3.05) is 0 Å². The van der Waals surface area contributed by atoms with Crippen LogP contribution in [0.4, 0.5) is 0 Å². The Morgan fingerprint density at radius 3 is 2.22 bits per heavy atom. The lowest BCUT2D eigenvalue weighted by Gasteiger charge is -2.12. The molecule has 2 rings (SSSR count). The maximum Gasteiger partial charge on any atom is 0.254 e. The van der Waals surface area contributed by atoms with Crippen molar-refractivity contribution in [2.24, 2.45) is 7.05 Å². The summed E-state index contributed by atoms with van der Waals surface area (Å²) in [5.74, 6) is 1.25. The Labute approximate surface area is 109 Å². The molecule has 1 aromatic carbocycles. The predicted octanol–water partition coefficient (Wildman–Crippen LogP) is 3.01. The van der Waals surface area contributed by atoms with Crippen LogP contribution in [0, 0.1) is 20.8 Å². The molecule has 0 amide bonds. The highest BCUT2D eigenvalue weighted by molar-refractivity contribution is 5.26. The molecule has 0 bridgehead atoms. The van der Waals surface area contributed by atoms with Gasteiger partial charge in [-0.2, -0.15) is 0 Å². The highest BCUT2D eigenvalue weighted by Crippen LogP contribution is 2.23. The Balaban J connectivity index is 2.60. The van der Waals surface area contributed by atoms with E-state index in [1.165, 1.54) is 22.8 Å². The van der Waals surface area contributed by atoms with Gasteiger partial charge < -0.3 is 0 Å². The normalized spacial score (nSPS) is 12.4. The molecule has 1 atom stereocenters. The van der Waals surface area contributed by atoms with E-state index < -0.39 is 0 Å². The molecule has 1 heterocycles. The molecule has 2 nitrogen and oxygen atoms in total. The maximum absolute atomic E-state index is 4.00. The molecule has 2 aromatic rings. The second-order valence-electron chi connectivity index (χ2n) is 4.74. The van der Waals surface area contributed by atoms with Crippen molar-refractivity contribution >= 4 is 0 Å². The third-order valence-corrected chi connectivity index (χ3v) is 3.86. The molecular formula is C16H21N2+. The first-order valence-corrected chi connectivity index (χ1v) is 6.29. The molecule has 1 unspecified atom stereocenters. The minimum Gasteiger partial charge on any atom is -0.234 e. The standard InChI is InChI=1S/C16H21N2/c1-6-16(15-10-8-7-9-11-15)18-13(3)12(2)17(5)14(18)4/h6-11,16H,1H2,2-5H3/q+1. The number of rotatable bonds is 3. The monoisotopic (exact) mass is 241 g/mol. The van der Waals surface area contributed by atoms with Gasteiger partial charge in [0.1, 0.15) is 17.4 Å². The first-order chi connectivity index (χ1) is 8.57.